The molecule has 0 saturated carbocycles. The molecule has 150 valence electrons. The fraction of sp³-hybridized carbons (Fsp3) is 0.0769. The van der Waals surface area contributed by atoms with E-state index in [0.29, 0.717) is 12.3 Å². The minimum atomic E-state index is -2.89. The first-order valence-corrected chi connectivity index (χ1v) is 13.9. The molecule has 4 aromatic carbocycles. The molecule has 0 bridgehead atoms. The summed E-state index contributed by atoms with van der Waals surface area (Å²) in [4.78, 5) is 12.0. The summed E-state index contributed by atoms with van der Waals surface area (Å²) in [7, 11) is -5.58. The molecule has 0 spiro atoms. The molecule has 0 fully saturated rings. The van der Waals surface area contributed by atoms with Crippen molar-refractivity contribution in [3.8, 4) is 0 Å². The van der Waals surface area contributed by atoms with Crippen LogP contribution in [0.1, 0.15) is 0 Å². The van der Waals surface area contributed by atoms with Crippen LogP contribution in [0, 0.1) is 0 Å². The van der Waals surface area contributed by atoms with E-state index in [-0.39, 0.29) is 0 Å². The zero-order valence-electron chi connectivity index (χ0n) is 16.7. The smallest absolute Gasteiger partial charge is 0.206 e. The van der Waals surface area contributed by atoms with E-state index in [4.69, 9.17) is 0 Å². The van der Waals surface area contributed by atoms with Crippen LogP contribution in [0.2, 0.25) is 0 Å². The van der Waals surface area contributed by atoms with Gasteiger partial charge in [0.1, 0.15) is 23.9 Å². The van der Waals surface area contributed by atoms with Crippen LogP contribution in [0.5, 0.6) is 0 Å². The third kappa shape index (κ3) is 4.18. The van der Waals surface area contributed by atoms with E-state index in [9.17, 15) is 9.46 Å². The highest BCUT2D eigenvalue weighted by Gasteiger charge is 2.43. The highest BCUT2D eigenvalue weighted by Crippen LogP contribution is 2.56. The van der Waals surface area contributed by atoms with E-state index >= 15 is 0 Å². The molecule has 0 saturated heterocycles. The second-order valence-corrected chi connectivity index (χ2v) is 13.3. The molecule has 4 aromatic rings. The van der Waals surface area contributed by atoms with Gasteiger partial charge in [0.05, 0.1) is 0 Å². The van der Waals surface area contributed by atoms with Gasteiger partial charge in [0, 0.05) is 16.8 Å². The van der Waals surface area contributed by atoms with Crippen molar-refractivity contribution < 1.29 is 9.46 Å². The maximum Gasteiger partial charge on any atom is 0.206 e. The Labute approximate surface area is 179 Å². The van der Waals surface area contributed by atoms with Crippen molar-refractivity contribution in [1.29, 1.82) is 0 Å². The van der Waals surface area contributed by atoms with Crippen molar-refractivity contribution in [2.24, 2.45) is 0 Å². The Bertz CT molecular complexity index is 1030. The van der Waals surface area contributed by atoms with Gasteiger partial charge in [0.15, 0.2) is 0 Å². The maximum atomic E-state index is 14.4. The lowest BCUT2D eigenvalue weighted by molar-refractivity contribution is 0.586. The maximum absolute atomic E-state index is 14.4. The first kappa shape index (κ1) is 20.8. The van der Waals surface area contributed by atoms with Crippen LogP contribution >= 0.6 is 14.6 Å². The van der Waals surface area contributed by atoms with Gasteiger partial charge in [-0.05, 0) is 24.3 Å². The molecule has 2 nitrogen and oxygen atoms in total. The molecule has 0 aliphatic rings. The molecule has 0 aliphatic carbocycles. The fourth-order valence-electron chi connectivity index (χ4n) is 3.79. The molecule has 4 rings (SSSR count). The fourth-order valence-corrected chi connectivity index (χ4v) is 10.3. The van der Waals surface area contributed by atoms with E-state index in [1.54, 1.807) is 0 Å². The van der Waals surface area contributed by atoms with Gasteiger partial charge in [-0.2, -0.15) is 0 Å². The van der Waals surface area contributed by atoms with Gasteiger partial charge in [-0.3, -0.25) is 0 Å². The van der Waals surface area contributed by atoms with Crippen molar-refractivity contribution >= 4 is 35.8 Å². The van der Waals surface area contributed by atoms with E-state index in [1.165, 1.54) is 0 Å². The van der Waals surface area contributed by atoms with E-state index in [2.05, 4.69) is 0 Å². The molecule has 0 heterocycles. The second-order valence-electron chi connectivity index (χ2n) is 7.30. The average Bonchev–Trinajstić information content (AvgIpc) is 2.84. The van der Waals surface area contributed by atoms with Crippen molar-refractivity contribution in [3.63, 3.8) is 0 Å². The van der Waals surface area contributed by atoms with Gasteiger partial charge in [-0.15, -0.1) is 0 Å². The number of benzene rings is 4. The SMILES string of the molecule is O=P(CC[P+](O)(c1ccccc1)c1ccccc1)(c1ccccc1)c1ccccc1. The van der Waals surface area contributed by atoms with Gasteiger partial charge in [0.25, 0.3) is 0 Å². The predicted octanol–water partition coefficient (Wildman–Crippen LogP) is 4.58. The Kier molecular flexibility index (Phi) is 6.30. The Balaban J connectivity index is 1.77. The van der Waals surface area contributed by atoms with Crippen molar-refractivity contribution in [1.82, 2.24) is 0 Å². The Morgan fingerprint density at radius 2 is 0.900 bits per heavy atom. The van der Waals surface area contributed by atoms with Gasteiger partial charge < -0.3 is 4.57 Å². The van der Waals surface area contributed by atoms with Crippen LogP contribution in [-0.4, -0.2) is 17.2 Å². The summed E-state index contributed by atoms with van der Waals surface area (Å²) in [6, 6.07) is 39.0. The number of rotatable bonds is 7. The summed E-state index contributed by atoms with van der Waals surface area (Å²) in [6.07, 6.45) is 0.872. The summed E-state index contributed by atoms with van der Waals surface area (Å²) in [5, 5.41) is 3.51. The number of hydrogen-bond donors (Lipinski definition) is 1. The van der Waals surface area contributed by atoms with Gasteiger partial charge >= 0.3 is 0 Å². The van der Waals surface area contributed by atoms with Crippen LogP contribution in [0.4, 0.5) is 0 Å². The molecule has 0 radical (unpaired) electrons. The van der Waals surface area contributed by atoms with Crippen LogP contribution in [0.15, 0.2) is 121 Å². The molecule has 1 N–H and O–H groups in total. The third-order valence-corrected chi connectivity index (χ3v) is 12.1. The second kappa shape index (κ2) is 9.11. The quantitative estimate of drug-likeness (QED) is 0.435. The van der Waals surface area contributed by atoms with Crippen molar-refractivity contribution in [3.05, 3.63) is 121 Å². The van der Waals surface area contributed by atoms with Crippen LogP contribution in [-0.2, 0) is 4.57 Å². The number of hydrogen-bond acceptors (Lipinski definition) is 2. The lowest BCUT2D eigenvalue weighted by Crippen LogP contribution is -2.28. The topological polar surface area (TPSA) is 37.3 Å². The standard InChI is InChI=1S/C26H25O2P2/c27-29(23-13-5-1-6-14-23,24-15-7-2-8-16-24)21-22-30(28,25-17-9-3-10-18-25)26-19-11-4-12-20-26/h1-20,27H,21-22H2/q+1. The van der Waals surface area contributed by atoms with Crippen LogP contribution in [0.25, 0.3) is 0 Å². The molecule has 0 amide bonds. The lowest BCUT2D eigenvalue weighted by atomic mass is 10.4. The van der Waals surface area contributed by atoms with E-state index < -0.39 is 14.6 Å². The van der Waals surface area contributed by atoms with Crippen molar-refractivity contribution in [2.75, 3.05) is 12.3 Å². The van der Waals surface area contributed by atoms with Gasteiger partial charge in [-0.25, -0.2) is 4.89 Å². The molecule has 4 heteroatoms. The Morgan fingerprint density at radius 3 is 1.27 bits per heavy atom. The van der Waals surface area contributed by atoms with Crippen LogP contribution < -0.4 is 21.2 Å². The summed E-state index contributed by atoms with van der Waals surface area (Å²) < 4.78 is 14.4. The van der Waals surface area contributed by atoms with Crippen molar-refractivity contribution in [2.45, 2.75) is 0 Å². The molecular weight excluding hydrogens is 406 g/mol. The van der Waals surface area contributed by atoms with Gasteiger partial charge in [-0.1, -0.05) is 97.1 Å². The molecule has 30 heavy (non-hydrogen) atoms. The summed E-state index contributed by atoms with van der Waals surface area (Å²) >= 11 is 0. The minimum Gasteiger partial charge on any atom is -0.313 e. The molecule has 0 atom stereocenters. The first-order chi connectivity index (χ1) is 14.6. The molecule has 0 unspecified atom stereocenters. The van der Waals surface area contributed by atoms with Crippen LogP contribution in [0.3, 0.4) is 0 Å². The molecular formula is C26H25O2P2+. The Morgan fingerprint density at radius 1 is 0.567 bits per heavy atom. The van der Waals surface area contributed by atoms with E-state index in [1.807, 2.05) is 121 Å². The first-order valence-electron chi connectivity index (χ1n) is 10.1. The van der Waals surface area contributed by atoms with E-state index in [0.717, 1.165) is 21.2 Å². The minimum absolute atomic E-state index is 0.412. The monoisotopic (exact) mass is 431 g/mol. The Hall–Kier alpha value is -2.50. The zero-order chi connectivity index (χ0) is 20.9. The highest BCUT2D eigenvalue weighted by molar-refractivity contribution is 7.86. The predicted molar refractivity (Wildman–Crippen MR) is 131 cm³/mol. The summed E-state index contributed by atoms with van der Waals surface area (Å²) in [5.41, 5.74) is 0. The normalized spacial score (nSPS) is 11.9. The lowest BCUT2D eigenvalue weighted by Gasteiger charge is -2.24. The average molecular weight is 431 g/mol. The molecule has 0 aromatic heterocycles. The largest absolute Gasteiger partial charge is 0.313 e. The zero-order valence-corrected chi connectivity index (χ0v) is 18.5. The summed E-state index contributed by atoms with van der Waals surface area (Å²) in [6.45, 7) is 0. The molecule has 0 aliphatic heterocycles. The highest BCUT2D eigenvalue weighted by atomic mass is 31.2. The van der Waals surface area contributed by atoms with Gasteiger partial charge in [0.2, 0.25) is 7.49 Å². The summed E-state index contributed by atoms with van der Waals surface area (Å²) in [5.74, 6) is 0. The third-order valence-electron chi connectivity index (χ3n) is 5.45.